The van der Waals surface area contributed by atoms with E-state index in [0.717, 1.165) is 162 Å². The molecule has 0 atom stereocenters. The van der Waals surface area contributed by atoms with Crippen molar-refractivity contribution in [1.29, 1.82) is 0 Å². The van der Waals surface area contributed by atoms with Gasteiger partial charge in [-0.3, -0.25) is 0 Å². The molecule has 16 aromatic rings. The number of aromatic nitrogens is 1. The van der Waals surface area contributed by atoms with Gasteiger partial charge in [-0.2, -0.15) is 0 Å². The fraction of sp³-hybridized carbons (Fsp3) is 0.0465. The fourth-order valence-electron chi connectivity index (χ4n) is 13.8. The van der Waals surface area contributed by atoms with Gasteiger partial charge < -0.3 is 43.1 Å². The lowest BCUT2D eigenvalue weighted by Crippen LogP contribution is -2.15. The van der Waals surface area contributed by atoms with Crippen LogP contribution in [0.1, 0.15) is 0 Å². The molecule has 0 N–H and O–H groups in total. The molecule has 0 aliphatic carbocycles. The molecule has 0 aliphatic heterocycles. The number of hydrogen-bond donors (Lipinski definition) is 0. The van der Waals surface area contributed by atoms with E-state index in [4.69, 9.17) is 18.9 Å². The van der Waals surface area contributed by atoms with Crippen LogP contribution >= 0.6 is 0 Å². The lowest BCUT2D eigenvalue weighted by Gasteiger charge is -2.31. The van der Waals surface area contributed by atoms with E-state index in [2.05, 4.69) is 297 Å². The first-order valence-corrected chi connectivity index (χ1v) is 31.8. The third-order valence-corrected chi connectivity index (χ3v) is 18.3. The van der Waals surface area contributed by atoms with E-state index in [9.17, 15) is 0 Å². The molecule has 0 unspecified atom stereocenters. The predicted octanol–water partition coefficient (Wildman–Crippen LogP) is 23.3. The summed E-state index contributed by atoms with van der Waals surface area (Å²) in [6, 6.07) is 115. The van der Waals surface area contributed by atoms with Gasteiger partial charge in [0, 0.05) is 66.4 Å². The first-order chi connectivity index (χ1) is 46.9. The topological polar surface area (TPSA) is 54.8 Å². The fourth-order valence-corrected chi connectivity index (χ4v) is 13.8. The normalized spacial score (nSPS) is 11.4. The van der Waals surface area contributed by atoms with Gasteiger partial charge in [0.2, 0.25) is 0 Å². The van der Waals surface area contributed by atoms with E-state index in [0.29, 0.717) is 0 Å². The predicted molar refractivity (Wildman–Crippen MR) is 396 cm³/mol. The summed E-state index contributed by atoms with van der Waals surface area (Å²) < 4.78 is 25.7. The molecule has 458 valence electrons. The largest absolute Gasteiger partial charge is 0.497 e. The highest BCUT2D eigenvalue weighted by molar-refractivity contribution is 6.14. The van der Waals surface area contributed by atoms with Crippen LogP contribution in [0.3, 0.4) is 0 Å². The van der Waals surface area contributed by atoms with Crippen LogP contribution in [0.4, 0.5) is 68.2 Å². The Balaban J connectivity index is 1.02. The van der Waals surface area contributed by atoms with Gasteiger partial charge in [0.1, 0.15) is 23.0 Å². The van der Waals surface area contributed by atoms with Gasteiger partial charge in [0.05, 0.1) is 79.3 Å². The van der Waals surface area contributed by atoms with Crippen molar-refractivity contribution < 1.29 is 18.9 Å². The molecule has 0 saturated carbocycles. The molecule has 0 amide bonds. The van der Waals surface area contributed by atoms with Crippen LogP contribution in [0.15, 0.2) is 322 Å². The molecular weight excluding hydrogens is 1170 g/mol. The maximum absolute atomic E-state index is 5.83. The van der Waals surface area contributed by atoms with Gasteiger partial charge in [-0.15, -0.1) is 0 Å². The summed E-state index contributed by atoms with van der Waals surface area (Å²) >= 11 is 0. The summed E-state index contributed by atoms with van der Waals surface area (Å²) in [7, 11) is 6.86. The molecule has 0 aliphatic rings. The summed E-state index contributed by atoms with van der Waals surface area (Å²) in [5, 5.41) is 11.1. The molecule has 1 heterocycles. The van der Waals surface area contributed by atoms with Crippen molar-refractivity contribution in [2.75, 3.05) is 48.0 Å². The zero-order valence-electron chi connectivity index (χ0n) is 53.0. The van der Waals surface area contributed by atoms with Crippen LogP contribution in [0, 0.1) is 0 Å². The number of anilines is 12. The van der Waals surface area contributed by atoms with Crippen molar-refractivity contribution in [3.05, 3.63) is 322 Å². The van der Waals surface area contributed by atoms with Crippen molar-refractivity contribution in [3.8, 4) is 28.7 Å². The third-order valence-electron chi connectivity index (χ3n) is 18.3. The Labute approximate surface area is 551 Å². The minimum absolute atomic E-state index is 0.767. The first-order valence-electron chi connectivity index (χ1n) is 31.8. The average Bonchev–Trinajstić information content (AvgIpc) is 1.60. The van der Waals surface area contributed by atoms with Gasteiger partial charge in [-0.05, 0) is 197 Å². The van der Waals surface area contributed by atoms with Gasteiger partial charge >= 0.3 is 0 Å². The summed E-state index contributed by atoms with van der Waals surface area (Å²) in [6.07, 6.45) is 0. The minimum Gasteiger partial charge on any atom is -0.497 e. The van der Waals surface area contributed by atoms with Gasteiger partial charge in [-0.1, -0.05) is 146 Å². The summed E-state index contributed by atoms with van der Waals surface area (Å²) in [6.45, 7) is 0. The Morgan fingerprint density at radius 2 is 0.463 bits per heavy atom. The van der Waals surface area contributed by atoms with Crippen molar-refractivity contribution >= 4 is 133 Å². The molecule has 0 spiro atoms. The van der Waals surface area contributed by atoms with E-state index in [1.807, 2.05) is 48.5 Å². The molecule has 95 heavy (non-hydrogen) atoms. The van der Waals surface area contributed by atoms with Crippen LogP contribution in [0.5, 0.6) is 23.0 Å². The quantitative estimate of drug-likeness (QED) is 0.0894. The Morgan fingerprint density at radius 1 is 0.211 bits per heavy atom. The molecule has 9 nitrogen and oxygen atoms in total. The van der Waals surface area contributed by atoms with Crippen LogP contribution in [-0.4, -0.2) is 33.0 Å². The Hall–Kier alpha value is -12.5. The summed E-state index contributed by atoms with van der Waals surface area (Å²) in [5.41, 5.74) is 14.9. The zero-order chi connectivity index (χ0) is 63.9. The smallest absolute Gasteiger partial charge is 0.119 e. The van der Waals surface area contributed by atoms with Crippen LogP contribution in [0.25, 0.3) is 70.6 Å². The van der Waals surface area contributed by atoms with E-state index in [1.165, 1.54) is 0 Å². The molecule has 9 heteroatoms. The molecule has 15 aromatic carbocycles. The maximum Gasteiger partial charge on any atom is 0.119 e. The molecule has 16 rings (SSSR count). The van der Waals surface area contributed by atoms with Crippen molar-refractivity contribution in [1.82, 2.24) is 4.57 Å². The number of rotatable bonds is 17. The van der Waals surface area contributed by atoms with E-state index >= 15 is 0 Å². The minimum atomic E-state index is 0.767. The summed E-state index contributed by atoms with van der Waals surface area (Å²) in [5.74, 6) is 3.10. The molecule has 0 fully saturated rings. The number of fused-ring (bicyclic) bond motifs is 7. The van der Waals surface area contributed by atoms with Crippen molar-refractivity contribution in [2.45, 2.75) is 0 Å². The van der Waals surface area contributed by atoms with Gasteiger partial charge in [-0.25, -0.2) is 0 Å². The van der Waals surface area contributed by atoms with Crippen LogP contribution < -0.4 is 38.5 Å². The second kappa shape index (κ2) is 24.6. The number of hydrogen-bond acceptors (Lipinski definition) is 8. The van der Waals surface area contributed by atoms with Crippen LogP contribution in [-0.2, 0) is 0 Å². The van der Waals surface area contributed by atoms with Gasteiger partial charge in [0.25, 0.3) is 0 Å². The lowest BCUT2D eigenvalue weighted by atomic mass is 10.0. The number of benzene rings is 15. The first kappa shape index (κ1) is 57.7. The summed E-state index contributed by atoms with van der Waals surface area (Å²) in [4.78, 5) is 9.53. The highest BCUT2D eigenvalue weighted by Crippen LogP contribution is 2.50. The van der Waals surface area contributed by atoms with E-state index in [1.54, 1.807) is 28.4 Å². The highest BCUT2D eigenvalue weighted by Gasteiger charge is 2.26. The third kappa shape index (κ3) is 10.5. The van der Waals surface area contributed by atoms with Crippen molar-refractivity contribution in [3.63, 3.8) is 0 Å². The van der Waals surface area contributed by atoms with Crippen LogP contribution in [0.2, 0.25) is 0 Å². The van der Waals surface area contributed by atoms with E-state index < -0.39 is 0 Å². The number of methoxy groups -OCH3 is 4. The van der Waals surface area contributed by atoms with Gasteiger partial charge in [0.15, 0.2) is 0 Å². The Morgan fingerprint density at radius 3 is 0.747 bits per heavy atom. The SMILES string of the molecule is COc1ccc(N(c2cc(N(c3ccc(OC)cc3)c3cccc4ccccc34)cc(-n3c4ccc(N(c5ccc(OC)cc5)c5cccc6ccccc56)cc4c4cc(N(c5ccc(OC)cc5)c5cccc6ccccc56)ccc43)c2)c2cccc3ccccc23)cc1. The Bertz CT molecular complexity index is 5160. The number of ether oxygens (including phenoxy) is 4. The monoisotopic (exact) mass is 1230 g/mol. The maximum atomic E-state index is 5.83. The second-order valence-electron chi connectivity index (χ2n) is 23.6. The zero-order valence-corrected chi connectivity index (χ0v) is 53.0. The molecule has 1 aromatic heterocycles. The second-order valence-corrected chi connectivity index (χ2v) is 23.6. The standard InChI is InChI=1S/C86H65N5O4/c1-92-71-43-33-62(34-44-71)87(81-29-13-21-58-17-5-9-25-75(58)81)66-41-51-85-79(56-66)80-57-67(88(63-35-45-72(93-2)46-36-63)82-30-14-22-59-18-6-10-26-76(59)82)42-52-86(80)91(85)70-54-68(89(64-37-47-73(94-3)48-38-64)83-31-15-23-60-19-7-11-27-77(60)83)53-69(55-70)90(65-39-49-74(95-4)50-40-65)84-32-16-24-61-20-8-12-28-78(61)84/h5-57H,1-4H3. The highest BCUT2D eigenvalue weighted by atomic mass is 16.5. The number of nitrogens with zero attached hydrogens (tertiary/aromatic N) is 5. The van der Waals surface area contributed by atoms with Crippen molar-refractivity contribution in [2.24, 2.45) is 0 Å². The Kier molecular flexibility index (Phi) is 15.0. The molecular formula is C86H65N5O4. The average molecular weight is 1230 g/mol. The van der Waals surface area contributed by atoms with E-state index in [-0.39, 0.29) is 0 Å². The lowest BCUT2D eigenvalue weighted by molar-refractivity contribution is 0.414. The molecule has 0 bridgehead atoms. The molecule has 0 radical (unpaired) electrons. The molecule has 0 saturated heterocycles.